The molecule has 3 N–H and O–H groups in total. The molecule has 0 radical (unpaired) electrons. The topological polar surface area (TPSA) is 38.0 Å². The molecule has 2 saturated carbocycles. The summed E-state index contributed by atoms with van der Waals surface area (Å²) in [6, 6.07) is 6.26. The lowest BCUT2D eigenvalue weighted by molar-refractivity contribution is 0.568. The summed E-state index contributed by atoms with van der Waals surface area (Å²) in [6.07, 6.45) is 5.38. The summed E-state index contributed by atoms with van der Waals surface area (Å²) in [5.74, 6) is 1.66. The molecule has 0 atom stereocenters. The zero-order valence-corrected chi connectivity index (χ0v) is 11.7. The smallest absolute Gasteiger partial charge is 0.106 e. The summed E-state index contributed by atoms with van der Waals surface area (Å²) in [7, 11) is 0. The third-order valence-electron chi connectivity index (χ3n) is 3.83. The molecule has 0 bridgehead atoms. The lowest BCUT2D eigenvalue weighted by atomic mass is 10.1. The molecule has 0 aromatic heterocycles. The molecule has 2 nitrogen and oxygen atoms in total. The predicted octanol–water partition coefficient (Wildman–Crippen LogP) is 3.57. The van der Waals surface area contributed by atoms with Gasteiger partial charge in [-0.1, -0.05) is 23.8 Å². The number of benzene rings is 1. The second-order valence-corrected chi connectivity index (χ2v) is 6.28. The highest BCUT2D eigenvalue weighted by Gasteiger charge is 2.41. The van der Waals surface area contributed by atoms with Crippen LogP contribution in [0, 0.1) is 11.8 Å². The lowest BCUT2D eigenvalue weighted by Gasteiger charge is -2.21. The molecule has 2 aliphatic rings. The van der Waals surface area contributed by atoms with E-state index in [9.17, 15) is 0 Å². The summed E-state index contributed by atoms with van der Waals surface area (Å²) in [5, 5.41) is 4.37. The fourth-order valence-corrected chi connectivity index (χ4v) is 2.91. The maximum absolute atomic E-state index is 6.07. The molecule has 2 aliphatic carbocycles. The molecule has 0 spiro atoms. The summed E-state index contributed by atoms with van der Waals surface area (Å²) in [5.41, 5.74) is 7.67. The molecule has 2 fully saturated rings. The van der Waals surface area contributed by atoms with Gasteiger partial charge < -0.3 is 11.1 Å². The van der Waals surface area contributed by atoms with Crippen molar-refractivity contribution in [3.8, 4) is 0 Å². The Balaban J connectivity index is 1.85. The first kappa shape index (κ1) is 12.2. The third-order valence-corrected chi connectivity index (χ3v) is 4.28. The molecule has 0 amide bonds. The van der Waals surface area contributed by atoms with Crippen molar-refractivity contribution in [2.75, 3.05) is 5.32 Å². The van der Waals surface area contributed by atoms with Gasteiger partial charge in [-0.15, -0.1) is 0 Å². The van der Waals surface area contributed by atoms with Crippen LogP contribution in [-0.4, -0.2) is 11.0 Å². The summed E-state index contributed by atoms with van der Waals surface area (Å²) in [6.45, 7) is 0. The Hall–Kier alpha value is -0.800. The number of nitrogens with one attached hydrogen (secondary N) is 1. The molecular weight excluding hydrogens is 264 g/mol. The van der Waals surface area contributed by atoms with E-state index in [2.05, 4.69) is 5.32 Å². The van der Waals surface area contributed by atoms with Crippen molar-refractivity contribution >= 4 is 34.5 Å². The number of hydrogen-bond donors (Lipinski definition) is 2. The maximum Gasteiger partial charge on any atom is 0.106 e. The molecular formula is C14H17ClN2S. The highest BCUT2D eigenvalue weighted by molar-refractivity contribution is 7.80. The fraction of sp³-hybridized carbons (Fsp3) is 0.500. The molecule has 4 heteroatoms. The van der Waals surface area contributed by atoms with Gasteiger partial charge in [0.1, 0.15) is 4.99 Å². The van der Waals surface area contributed by atoms with Crippen LogP contribution in [-0.2, 0) is 0 Å². The highest BCUT2D eigenvalue weighted by Crippen LogP contribution is 2.46. The van der Waals surface area contributed by atoms with E-state index >= 15 is 0 Å². The molecule has 0 saturated heterocycles. The van der Waals surface area contributed by atoms with Gasteiger partial charge in [-0.3, -0.25) is 0 Å². The van der Waals surface area contributed by atoms with Crippen molar-refractivity contribution in [1.82, 2.24) is 0 Å². The van der Waals surface area contributed by atoms with Crippen molar-refractivity contribution in [2.45, 2.75) is 31.7 Å². The molecule has 3 rings (SSSR count). The number of anilines is 1. The van der Waals surface area contributed by atoms with Gasteiger partial charge in [0.15, 0.2) is 0 Å². The van der Waals surface area contributed by atoms with Crippen molar-refractivity contribution in [3.63, 3.8) is 0 Å². The zero-order valence-electron chi connectivity index (χ0n) is 10.2. The number of nitrogens with two attached hydrogens (primary N) is 1. The summed E-state index contributed by atoms with van der Waals surface area (Å²) >= 11 is 11.2. The van der Waals surface area contributed by atoms with E-state index in [1.54, 1.807) is 0 Å². The van der Waals surface area contributed by atoms with Gasteiger partial charge in [0.05, 0.1) is 0 Å². The first-order valence-electron chi connectivity index (χ1n) is 6.51. The minimum absolute atomic E-state index is 0.430. The van der Waals surface area contributed by atoms with Crippen molar-refractivity contribution in [1.29, 1.82) is 0 Å². The molecule has 18 heavy (non-hydrogen) atoms. The highest BCUT2D eigenvalue weighted by atomic mass is 35.5. The van der Waals surface area contributed by atoms with Gasteiger partial charge in [0, 0.05) is 22.3 Å². The quantitative estimate of drug-likeness (QED) is 0.810. The van der Waals surface area contributed by atoms with E-state index in [0.717, 1.165) is 28.1 Å². The van der Waals surface area contributed by atoms with Gasteiger partial charge in [-0.2, -0.15) is 0 Å². The Bertz CT molecular complexity index is 469. The number of rotatable bonds is 5. The Morgan fingerprint density at radius 1 is 1.28 bits per heavy atom. The predicted molar refractivity (Wildman–Crippen MR) is 80.2 cm³/mol. The van der Waals surface area contributed by atoms with Crippen LogP contribution in [0.1, 0.15) is 31.2 Å². The monoisotopic (exact) mass is 280 g/mol. The van der Waals surface area contributed by atoms with Crippen LogP contribution in [0.4, 0.5) is 5.69 Å². The van der Waals surface area contributed by atoms with E-state index in [1.807, 2.05) is 18.2 Å². The third kappa shape index (κ3) is 2.62. The second kappa shape index (κ2) is 4.71. The minimum Gasteiger partial charge on any atom is -0.389 e. The Morgan fingerprint density at radius 3 is 2.39 bits per heavy atom. The minimum atomic E-state index is 0.430. The van der Waals surface area contributed by atoms with Crippen LogP contribution < -0.4 is 11.1 Å². The van der Waals surface area contributed by atoms with E-state index in [-0.39, 0.29) is 0 Å². The van der Waals surface area contributed by atoms with Crippen LogP contribution in [0.3, 0.4) is 0 Å². The molecule has 0 heterocycles. The van der Waals surface area contributed by atoms with Gasteiger partial charge in [0.2, 0.25) is 0 Å². The molecule has 0 unspecified atom stereocenters. The van der Waals surface area contributed by atoms with Gasteiger partial charge in [-0.05, 0) is 55.7 Å². The summed E-state index contributed by atoms with van der Waals surface area (Å²) in [4.78, 5) is 0.430. The number of thiocarbonyl (C=S) groups is 1. The Kier molecular flexibility index (Phi) is 3.20. The maximum atomic E-state index is 6.07. The zero-order chi connectivity index (χ0) is 12.7. The average molecular weight is 281 g/mol. The van der Waals surface area contributed by atoms with Crippen molar-refractivity contribution < 1.29 is 0 Å². The van der Waals surface area contributed by atoms with Crippen LogP contribution in [0.5, 0.6) is 0 Å². The fourth-order valence-electron chi connectivity index (χ4n) is 2.56. The van der Waals surface area contributed by atoms with Gasteiger partial charge in [-0.25, -0.2) is 0 Å². The van der Waals surface area contributed by atoms with E-state index in [0.29, 0.717) is 11.0 Å². The van der Waals surface area contributed by atoms with Crippen LogP contribution in [0.2, 0.25) is 5.02 Å². The Morgan fingerprint density at radius 2 is 1.89 bits per heavy atom. The number of halogens is 1. The van der Waals surface area contributed by atoms with Crippen molar-refractivity contribution in [3.05, 3.63) is 28.8 Å². The molecule has 1 aromatic carbocycles. The molecule has 0 aliphatic heterocycles. The SMILES string of the molecule is NC(=S)c1ccc(Cl)cc1NC(C1CC1)C1CC1. The van der Waals surface area contributed by atoms with Crippen LogP contribution in [0.15, 0.2) is 18.2 Å². The lowest BCUT2D eigenvalue weighted by Crippen LogP contribution is -2.26. The summed E-state index contributed by atoms with van der Waals surface area (Å²) < 4.78 is 0. The van der Waals surface area contributed by atoms with E-state index in [4.69, 9.17) is 29.6 Å². The van der Waals surface area contributed by atoms with Gasteiger partial charge >= 0.3 is 0 Å². The first-order valence-corrected chi connectivity index (χ1v) is 7.29. The number of hydrogen-bond acceptors (Lipinski definition) is 2. The van der Waals surface area contributed by atoms with Crippen LogP contribution >= 0.6 is 23.8 Å². The average Bonchev–Trinajstić information content (AvgIpc) is 3.17. The van der Waals surface area contributed by atoms with E-state index in [1.165, 1.54) is 25.7 Å². The molecule has 96 valence electrons. The molecule has 1 aromatic rings. The Labute approximate surface area is 118 Å². The van der Waals surface area contributed by atoms with Gasteiger partial charge in [0.25, 0.3) is 0 Å². The van der Waals surface area contributed by atoms with Crippen molar-refractivity contribution in [2.24, 2.45) is 17.6 Å². The normalized spacial score (nSPS) is 19.0. The van der Waals surface area contributed by atoms with Crippen LogP contribution in [0.25, 0.3) is 0 Å². The van der Waals surface area contributed by atoms with E-state index < -0.39 is 0 Å². The standard InChI is InChI=1S/C14H17ClN2S/c15-10-5-6-11(14(16)18)12(7-10)17-13(8-1-2-8)9-3-4-9/h5-9,13,17H,1-4H2,(H2,16,18). The largest absolute Gasteiger partial charge is 0.389 e. The first-order chi connectivity index (χ1) is 8.65. The second-order valence-electron chi connectivity index (χ2n) is 5.40.